The van der Waals surface area contributed by atoms with Crippen LogP contribution in [0.4, 0.5) is 5.69 Å². The maximum atomic E-state index is 11.9. The molecule has 1 aliphatic heterocycles. The second kappa shape index (κ2) is 5.04. The Labute approximate surface area is 123 Å². The van der Waals surface area contributed by atoms with Crippen LogP contribution in [0.1, 0.15) is 19.2 Å². The van der Waals surface area contributed by atoms with Crippen molar-refractivity contribution in [1.82, 2.24) is 15.2 Å². The zero-order valence-corrected chi connectivity index (χ0v) is 12.3. The number of anilines is 1. The Balaban J connectivity index is 1.73. The number of hydrogen-bond acceptors (Lipinski definition) is 5. The van der Waals surface area contributed by atoms with E-state index in [9.17, 15) is 4.79 Å². The Morgan fingerprint density at radius 1 is 1.57 bits per heavy atom. The zero-order chi connectivity index (χ0) is 15.0. The van der Waals surface area contributed by atoms with Crippen molar-refractivity contribution in [3.63, 3.8) is 0 Å². The minimum Gasteiger partial charge on any atom is -0.439 e. The van der Waals surface area contributed by atoms with E-state index in [2.05, 4.69) is 15.2 Å². The molecule has 0 spiro atoms. The van der Waals surface area contributed by atoms with E-state index >= 15 is 0 Å². The lowest BCUT2D eigenvalue weighted by molar-refractivity contribution is -0.129. The monoisotopic (exact) mass is 288 g/mol. The molecule has 1 unspecified atom stereocenters. The van der Waals surface area contributed by atoms with Crippen LogP contribution in [0.15, 0.2) is 22.6 Å². The minimum absolute atomic E-state index is 0.0929. The van der Waals surface area contributed by atoms with Crippen molar-refractivity contribution < 1.29 is 9.21 Å². The Morgan fingerprint density at radius 2 is 2.38 bits per heavy atom. The summed E-state index contributed by atoms with van der Waals surface area (Å²) >= 11 is 0. The fourth-order valence-electron chi connectivity index (χ4n) is 2.93. The Hall–Kier alpha value is -2.08. The molecule has 2 heterocycles. The first kappa shape index (κ1) is 13.9. The van der Waals surface area contributed by atoms with Crippen LogP contribution in [0.5, 0.6) is 0 Å². The standard InChI is InChI=1S/C15H20N4O2/c1-15(14(20)17-2)5-6-19(9-15)8-13-18-11-7-10(16)3-4-12(11)21-13/h3-4,7H,5-6,8-9,16H2,1-2H3,(H,17,20). The van der Waals surface area contributed by atoms with Crippen LogP contribution < -0.4 is 11.1 Å². The molecule has 1 saturated heterocycles. The lowest BCUT2D eigenvalue weighted by Crippen LogP contribution is -2.39. The van der Waals surface area contributed by atoms with Gasteiger partial charge in [-0.25, -0.2) is 4.98 Å². The van der Waals surface area contributed by atoms with E-state index in [1.165, 1.54) is 0 Å². The molecule has 0 radical (unpaired) electrons. The van der Waals surface area contributed by atoms with Crippen molar-refractivity contribution in [3.8, 4) is 0 Å². The number of rotatable bonds is 3. The topological polar surface area (TPSA) is 84.4 Å². The highest BCUT2D eigenvalue weighted by Gasteiger charge is 2.39. The van der Waals surface area contributed by atoms with E-state index in [0.29, 0.717) is 24.7 Å². The summed E-state index contributed by atoms with van der Waals surface area (Å²) in [6.07, 6.45) is 0.847. The molecule has 1 aromatic carbocycles. The number of hydrogen-bond donors (Lipinski definition) is 2. The second-order valence-corrected chi connectivity index (χ2v) is 5.94. The number of likely N-dealkylation sites (tertiary alicyclic amines) is 1. The number of nitrogen functional groups attached to an aromatic ring is 1. The predicted octanol–water partition coefficient (Wildman–Crippen LogP) is 1.37. The summed E-state index contributed by atoms with van der Waals surface area (Å²) < 4.78 is 5.73. The van der Waals surface area contributed by atoms with Crippen molar-refractivity contribution in [2.24, 2.45) is 5.41 Å². The number of oxazole rings is 1. The molecule has 112 valence electrons. The summed E-state index contributed by atoms with van der Waals surface area (Å²) in [5, 5.41) is 2.74. The number of nitrogens with two attached hydrogens (primary N) is 1. The molecule has 1 aliphatic rings. The number of nitrogens with zero attached hydrogens (tertiary/aromatic N) is 2. The fraction of sp³-hybridized carbons (Fsp3) is 0.467. The van der Waals surface area contributed by atoms with Crippen molar-refractivity contribution in [2.45, 2.75) is 19.9 Å². The minimum atomic E-state index is -0.328. The van der Waals surface area contributed by atoms with Gasteiger partial charge in [-0.15, -0.1) is 0 Å². The van der Waals surface area contributed by atoms with Gasteiger partial charge in [0.1, 0.15) is 5.52 Å². The summed E-state index contributed by atoms with van der Waals surface area (Å²) in [4.78, 5) is 18.6. The van der Waals surface area contributed by atoms with E-state index in [-0.39, 0.29) is 11.3 Å². The molecule has 1 atom stereocenters. The number of carbonyl (C=O) groups excluding carboxylic acids is 1. The third-order valence-electron chi connectivity index (χ3n) is 4.14. The first-order valence-electron chi connectivity index (χ1n) is 7.10. The van der Waals surface area contributed by atoms with Crippen LogP contribution in [-0.2, 0) is 11.3 Å². The van der Waals surface area contributed by atoms with Gasteiger partial charge in [-0.05, 0) is 38.1 Å². The smallest absolute Gasteiger partial charge is 0.227 e. The number of aromatic nitrogens is 1. The van der Waals surface area contributed by atoms with Gasteiger partial charge in [-0.1, -0.05) is 0 Å². The fourth-order valence-corrected chi connectivity index (χ4v) is 2.93. The molecule has 0 saturated carbocycles. The summed E-state index contributed by atoms with van der Waals surface area (Å²) in [5.41, 5.74) is 7.61. The first-order valence-corrected chi connectivity index (χ1v) is 7.10. The van der Waals surface area contributed by atoms with Crippen molar-refractivity contribution >= 4 is 22.7 Å². The van der Waals surface area contributed by atoms with E-state index in [0.717, 1.165) is 24.1 Å². The molecule has 3 N–H and O–H groups in total. The average molecular weight is 288 g/mol. The Kier molecular flexibility index (Phi) is 3.33. The molecule has 1 fully saturated rings. The van der Waals surface area contributed by atoms with Crippen LogP contribution >= 0.6 is 0 Å². The third kappa shape index (κ3) is 2.58. The number of nitrogens with one attached hydrogen (secondary N) is 1. The van der Waals surface area contributed by atoms with E-state index in [1.807, 2.05) is 13.0 Å². The van der Waals surface area contributed by atoms with E-state index < -0.39 is 0 Å². The SMILES string of the molecule is CNC(=O)C1(C)CCN(Cc2nc3cc(N)ccc3o2)C1. The molecule has 1 amide bonds. The molecule has 0 aliphatic carbocycles. The number of fused-ring (bicyclic) bond motifs is 1. The highest BCUT2D eigenvalue weighted by molar-refractivity contribution is 5.82. The van der Waals surface area contributed by atoms with Crippen LogP contribution in [0, 0.1) is 5.41 Å². The normalized spacial score (nSPS) is 22.8. The highest BCUT2D eigenvalue weighted by atomic mass is 16.3. The first-order chi connectivity index (χ1) is 10.00. The van der Waals surface area contributed by atoms with Crippen LogP contribution in [0.25, 0.3) is 11.1 Å². The molecule has 21 heavy (non-hydrogen) atoms. The number of carbonyl (C=O) groups is 1. The number of amides is 1. The average Bonchev–Trinajstić information content (AvgIpc) is 3.02. The van der Waals surface area contributed by atoms with Gasteiger partial charge in [0, 0.05) is 19.3 Å². The van der Waals surface area contributed by atoms with Crippen LogP contribution in [0.2, 0.25) is 0 Å². The lowest BCUT2D eigenvalue weighted by atomic mass is 9.89. The summed E-state index contributed by atoms with van der Waals surface area (Å²) in [6.45, 7) is 4.19. The van der Waals surface area contributed by atoms with Crippen molar-refractivity contribution in [3.05, 3.63) is 24.1 Å². The summed E-state index contributed by atoms with van der Waals surface area (Å²) in [5.74, 6) is 0.757. The van der Waals surface area contributed by atoms with E-state index in [4.69, 9.17) is 10.2 Å². The van der Waals surface area contributed by atoms with Gasteiger partial charge in [-0.3, -0.25) is 9.69 Å². The van der Waals surface area contributed by atoms with Crippen molar-refractivity contribution in [1.29, 1.82) is 0 Å². The Bertz CT molecular complexity index is 681. The van der Waals surface area contributed by atoms with E-state index in [1.54, 1.807) is 19.2 Å². The summed E-state index contributed by atoms with van der Waals surface area (Å²) in [6, 6.07) is 5.44. The largest absolute Gasteiger partial charge is 0.439 e. The number of benzene rings is 1. The van der Waals surface area contributed by atoms with Crippen LogP contribution in [0.3, 0.4) is 0 Å². The molecule has 3 rings (SSSR count). The quantitative estimate of drug-likeness (QED) is 0.833. The molecule has 0 bridgehead atoms. The second-order valence-electron chi connectivity index (χ2n) is 5.94. The molecule has 6 nitrogen and oxygen atoms in total. The summed E-state index contributed by atoms with van der Waals surface area (Å²) in [7, 11) is 1.68. The van der Waals surface area contributed by atoms with Crippen LogP contribution in [-0.4, -0.2) is 35.9 Å². The van der Waals surface area contributed by atoms with Gasteiger partial charge in [-0.2, -0.15) is 0 Å². The molecular weight excluding hydrogens is 268 g/mol. The zero-order valence-electron chi connectivity index (χ0n) is 12.3. The van der Waals surface area contributed by atoms with Gasteiger partial charge < -0.3 is 15.5 Å². The molecule has 2 aromatic rings. The lowest BCUT2D eigenvalue weighted by Gasteiger charge is -2.22. The van der Waals surface area contributed by atoms with Gasteiger partial charge >= 0.3 is 0 Å². The maximum Gasteiger partial charge on any atom is 0.227 e. The maximum absolute atomic E-state index is 11.9. The third-order valence-corrected chi connectivity index (χ3v) is 4.14. The van der Waals surface area contributed by atoms with Gasteiger partial charge in [0.05, 0.1) is 12.0 Å². The molecule has 6 heteroatoms. The highest BCUT2D eigenvalue weighted by Crippen LogP contribution is 2.31. The van der Waals surface area contributed by atoms with Gasteiger partial charge in [0.2, 0.25) is 11.8 Å². The van der Waals surface area contributed by atoms with Crippen molar-refractivity contribution in [2.75, 3.05) is 25.9 Å². The van der Waals surface area contributed by atoms with Gasteiger partial charge in [0.25, 0.3) is 0 Å². The molecular formula is C15H20N4O2. The van der Waals surface area contributed by atoms with Gasteiger partial charge in [0.15, 0.2) is 5.58 Å². The Morgan fingerprint density at radius 3 is 3.14 bits per heavy atom. The molecule has 1 aromatic heterocycles. The predicted molar refractivity (Wildman–Crippen MR) is 80.5 cm³/mol.